The maximum absolute atomic E-state index is 12.8. The molecule has 0 radical (unpaired) electrons. The fraction of sp³-hybridized carbons (Fsp3) is 0.0625. The first-order chi connectivity index (χ1) is 11.0. The quantitative estimate of drug-likeness (QED) is 0.521. The van der Waals surface area contributed by atoms with Gasteiger partial charge in [-0.15, -0.1) is 0 Å². The van der Waals surface area contributed by atoms with Crippen LogP contribution in [-0.4, -0.2) is 17.9 Å². The molecule has 0 aliphatic heterocycles. The summed E-state index contributed by atoms with van der Waals surface area (Å²) in [6.45, 7) is 0. The Morgan fingerprint density at radius 1 is 1.26 bits per heavy atom. The number of nitrogens with zero attached hydrogens (tertiary/aromatic N) is 1. The molecule has 118 valence electrons. The van der Waals surface area contributed by atoms with E-state index < -0.39 is 10.8 Å². The third-order valence-corrected chi connectivity index (χ3v) is 2.95. The van der Waals surface area contributed by atoms with Crippen LogP contribution in [0, 0.1) is 15.9 Å². The number of carbonyl (C=O) groups excluding carboxylic acids is 1. The maximum atomic E-state index is 12.8. The number of rotatable bonds is 5. The minimum Gasteiger partial charge on any atom is -0.495 e. The van der Waals surface area contributed by atoms with E-state index in [1.54, 1.807) is 0 Å². The van der Waals surface area contributed by atoms with E-state index in [2.05, 4.69) is 5.32 Å². The molecule has 0 unspecified atom stereocenters. The molecule has 0 aromatic heterocycles. The molecule has 0 aliphatic carbocycles. The molecule has 2 aromatic rings. The van der Waals surface area contributed by atoms with Gasteiger partial charge in [0, 0.05) is 18.2 Å². The van der Waals surface area contributed by atoms with Crippen molar-refractivity contribution in [1.82, 2.24) is 0 Å². The van der Waals surface area contributed by atoms with Crippen LogP contribution in [-0.2, 0) is 4.79 Å². The van der Waals surface area contributed by atoms with Crippen molar-refractivity contribution in [2.24, 2.45) is 0 Å². The molecule has 0 heterocycles. The summed E-state index contributed by atoms with van der Waals surface area (Å²) in [5.41, 5.74) is 0.673. The van der Waals surface area contributed by atoms with Gasteiger partial charge in [-0.05, 0) is 29.8 Å². The van der Waals surface area contributed by atoms with E-state index in [0.717, 1.165) is 0 Å². The van der Waals surface area contributed by atoms with E-state index in [1.807, 2.05) is 0 Å². The average Bonchev–Trinajstić information content (AvgIpc) is 2.54. The highest BCUT2D eigenvalue weighted by Gasteiger charge is 2.12. The van der Waals surface area contributed by atoms with Gasteiger partial charge in [-0.1, -0.05) is 12.1 Å². The summed E-state index contributed by atoms with van der Waals surface area (Å²) in [5.74, 6) is -0.555. The number of carbonyl (C=O) groups is 1. The van der Waals surface area contributed by atoms with Crippen LogP contribution >= 0.6 is 0 Å². The van der Waals surface area contributed by atoms with Gasteiger partial charge in [-0.2, -0.15) is 0 Å². The number of hydrogen-bond donors (Lipinski definition) is 1. The lowest BCUT2D eigenvalue weighted by molar-refractivity contribution is -0.384. The van der Waals surface area contributed by atoms with Crippen LogP contribution in [0.5, 0.6) is 5.75 Å². The fourth-order valence-electron chi connectivity index (χ4n) is 1.83. The molecule has 1 N–H and O–H groups in total. The summed E-state index contributed by atoms with van der Waals surface area (Å²) in [4.78, 5) is 22.1. The molecule has 0 saturated heterocycles. The van der Waals surface area contributed by atoms with E-state index in [4.69, 9.17) is 4.74 Å². The van der Waals surface area contributed by atoms with E-state index in [9.17, 15) is 19.3 Å². The van der Waals surface area contributed by atoms with E-state index >= 15 is 0 Å². The number of amides is 1. The number of nitrogens with one attached hydrogen (secondary N) is 1. The summed E-state index contributed by atoms with van der Waals surface area (Å²) in [5, 5.41) is 13.3. The van der Waals surface area contributed by atoms with Crippen molar-refractivity contribution >= 4 is 23.4 Å². The van der Waals surface area contributed by atoms with Gasteiger partial charge >= 0.3 is 0 Å². The smallest absolute Gasteiger partial charge is 0.271 e. The number of halogens is 1. The maximum Gasteiger partial charge on any atom is 0.271 e. The lowest BCUT2D eigenvalue weighted by Crippen LogP contribution is -2.09. The van der Waals surface area contributed by atoms with Crippen molar-refractivity contribution in [3.8, 4) is 5.75 Å². The highest BCUT2D eigenvalue weighted by atomic mass is 19.1. The molecular weight excluding hydrogens is 303 g/mol. The number of non-ortho nitro benzene ring substituents is 1. The van der Waals surface area contributed by atoms with Crippen molar-refractivity contribution < 1.29 is 18.8 Å². The first kappa shape index (κ1) is 16.2. The minimum atomic E-state index is -0.566. The van der Waals surface area contributed by atoms with E-state index in [1.165, 1.54) is 61.7 Å². The Bertz CT molecular complexity index is 757. The predicted molar refractivity (Wildman–Crippen MR) is 83.7 cm³/mol. The number of nitro groups is 1. The predicted octanol–water partition coefficient (Wildman–Crippen LogP) is 3.39. The van der Waals surface area contributed by atoms with Crippen molar-refractivity contribution in [3.63, 3.8) is 0 Å². The zero-order valence-electron chi connectivity index (χ0n) is 12.2. The number of ether oxygens (including phenoxy) is 1. The molecule has 2 aromatic carbocycles. The number of benzene rings is 2. The third-order valence-electron chi connectivity index (χ3n) is 2.95. The SMILES string of the molecule is COc1ccc([N+](=O)[O-])cc1NC(=O)/C=C\c1ccc(F)cc1. The van der Waals surface area contributed by atoms with Crippen molar-refractivity contribution in [2.75, 3.05) is 12.4 Å². The van der Waals surface area contributed by atoms with Gasteiger partial charge in [0.15, 0.2) is 0 Å². The first-order valence-corrected chi connectivity index (χ1v) is 6.56. The van der Waals surface area contributed by atoms with Gasteiger partial charge in [0.2, 0.25) is 5.91 Å². The van der Waals surface area contributed by atoms with Crippen LogP contribution in [0.15, 0.2) is 48.5 Å². The second-order valence-corrected chi connectivity index (χ2v) is 4.52. The largest absolute Gasteiger partial charge is 0.495 e. The van der Waals surface area contributed by atoms with Crippen LogP contribution in [0.25, 0.3) is 6.08 Å². The Morgan fingerprint density at radius 2 is 1.96 bits per heavy atom. The third kappa shape index (κ3) is 4.37. The lowest BCUT2D eigenvalue weighted by Gasteiger charge is -2.08. The Morgan fingerprint density at radius 3 is 2.57 bits per heavy atom. The molecule has 0 atom stereocenters. The standard InChI is InChI=1S/C16H13FN2O4/c1-23-15-8-7-13(19(21)22)10-14(15)18-16(20)9-4-11-2-5-12(17)6-3-11/h2-10H,1H3,(H,18,20)/b9-4-. The summed E-state index contributed by atoms with van der Waals surface area (Å²) in [6.07, 6.45) is 2.74. The molecule has 0 spiro atoms. The lowest BCUT2D eigenvalue weighted by atomic mass is 10.2. The number of anilines is 1. The van der Waals surface area contributed by atoms with Crippen LogP contribution in [0.1, 0.15) is 5.56 Å². The zero-order chi connectivity index (χ0) is 16.8. The number of methoxy groups -OCH3 is 1. The number of nitro benzene ring substituents is 1. The van der Waals surface area contributed by atoms with Crippen LogP contribution in [0.2, 0.25) is 0 Å². The molecule has 0 aliphatic rings. The molecule has 0 fully saturated rings. The Kier molecular flexibility index (Phi) is 5.03. The highest BCUT2D eigenvalue weighted by Crippen LogP contribution is 2.28. The summed E-state index contributed by atoms with van der Waals surface area (Å²) in [7, 11) is 1.39. The van der Waals surface area contributed by atoms with Crippen LogP contribution in [0.4, 0.5) is 15.8 Å². The summed E-state index contributed by atoms with van der Waals surface area (Å²) in [6, 6.07) is 9.49. The molecule has 0 saturated carbocycles. The van der Waals surface area contributed by atoms with Crippen molar-refractivity contribution in [2.45, 2.75) is 0 Å². The van der Waals surface area contributed by atoms with Crippen LogP contribution in [0.3, 0.4) is 0 Å². The molecule has 0 bridgehead atoms. The molecule has 23 heavy (non-hydrogen) atoms. The highest BCUT2D eigenvalue weighted by molar-refractivity contribution is 6.03. The van der Waals surface area contributed by atoms with E-state index in [0.29, 0.717) is 11.3 Å². The second-order valence-electron chi connectivity index (χ2n) is 4.52. The Balaban J connectivity index is 2.14. The zero-order valence-corrected chi connectivity index (χ0v) is 12.2. The second kappa shape index (κ2) is 7.17. The van der Waals surface area contributed by atoms with E-state index in [-0.39, 0.29) is 17.2 Å². The normalized spacial score (nSPS) is 10.5. The van der Waals surface area contributed by atoms with Gasteiger partial charge in [-0.25, -0.2) is 4.39 Å². The summed E-state index contributed by atoms with van der Waals surface area (Å²) < 4.78 is 17.8. The minimum absolute atomic E-state index is 0.163. The topological polar surface area (TPSA) is 81.5 Å². The monoisotopic (exact) mass is 316 g/mol. The van der Waals surface area contributed by atoms with Gasteiger partial charge in [0.25, 0.3) is 5.69 Å². The van der Waals surface area contributed by atoms with Crippen molar-refractivity contribution in [3.05, 3.63) is 70.0 Å². The molecule has 6 nitrogen and oxygen atoms in total. The first-order valence-electron chi connectivity index (χ1n) is 6.56. The van der Waals surface area contributed by atoms with Gasteiger partial charge in [0.05, 0.1) is 17.7 Å². The van der Waals surface area contributed by atoms with Crippen molar-refractivity contribution in [1.29, 1.82) is 0 Å². The number of hydrogen-bond acceptors (Lipinski definition) is 4. The Labute approximate surface area is 131 Å². The molecule has 1 amide bonds. The van der Waals surface area contributed by atoms with Gasteiger partial charge in [0.1, 0.15) is 11.6 Å². The van der Waals surface area contributed by atoms with Gasteiger partial charge < -0.3 is 10.1 Å². The Hall–Kier alpha value is -3.22. The van der Waals surface area contributed by atoms with Crippen LogP contribution < -0.4 is 10.1 Å². The molecule has 7 heteroatoms. The fourth-order valence-corrected chi connectivity index (χ4v) is 1.83. The average molecular weight is 316 g/mol. The summed E-state index contributed by atoms with van der Waals surface area (Å²) >= 11 is 0. The molecular formula is C16H13FN2O4. The molecule has 2 rings (SSSR count). The van der Waals surface area contributed by atoms with Gasteiger partial charge in [-0.3, -0.25) is 14.9 Å².